The smallest absolute Gasteiger partial charge is 0.273 e. The van der Waals surface area contributed by atoms with Crippen molar-refractivity contribution >= 4 is 34.3 Å². The second-order valence-electron chi connectivity index (χ2n) is 9.79. The van der Waals surface area contributed by atoms with Crippen molar-refractivity contribution in [1.29, 1.82) is 0 Å². The summed E-state index contributed by atoms with van der Waals surface area (Å²) in [6.07, 6.45) is 6.49. The van der Waals surface area contributed by atoms with Crippen molar-refractivity contribution in [3.8, 4) is 0 Å². The van der Waals surface area contributed by atoms with Crippen LogP contribution in [0, 0.1) is 0 Å². The van der Waals surface area contributed by atoms with E-state index in [0.717, 1.165) is 51.1 Å². The highest BCUT2D eigenvalue weighted by molar-refractivity contribution is 6.64. The van der Waals surface area contributed by atoms with Gasteiger partial charge in [-0.3, -0.25) is 4.79 Å². The number of aliphatic imine (C=N–C) groups is 1. The van der Waals surface area contributed by atoms with Crippen molar-refractivity contribution in [3.05, 3.63) is 41.6 Å². The molecule has 1 aliphatic carbocycles. The number of fused-ring (bicyclic) bond motifs is 1. The monoisotopic (exact) mass is 502 g/mol. The molecule has 2 fully saturated rings. The van der Waals surface area contributed by atoms with E-state index < -0.39 is 12.0 Å². The molecule has 188 valence electrons. The van der Waals surface area contributed by atoms with Gasteiger partial charge in [-0.2, -0.15) is 0 Å². The minimum absolute atomic E-state index is 0.000515. The number of halogens is 2. The summed E-state index contributed by atoms with van der Waals surface area (Å²) in [5.74, 6) is -0.0327. The van der Waals surface area contributed by atoms with Gasteiger partial charge in [-0.25, -0.2) is 14.4 Å². The molecule has 3 aliphatic heterocycles. The van der Waals surface area contributed by atoms with Gasteiger partial charge in [0.2, 0.25) is 0 Å². The van der Waals surface area contributed by atoms with E-state index in [2.05, 4.69) is 32.1 Å². The van der Waals surface area contributed by atoms with Crippen LogP contribution < -0.4 is 16.0 Å². The van der Waals surface area contributed by atoms with E-state index in [-0.39, 0.29) is 29.0 Å². The van der Waals surface area contributed by atoms with Crippen molar-refractivity contribution in [2.24, 2.45) is 4.99 Å². The first-order valence-corrected chi connectivity index (χ1v) is 12.5. The Balaban J connectivity index is 1.40. The highest BCUT2D eigenvalue weighted by atomic mass is 35.5. The molecule has 3 N–H and O–H groups in total. The fourth-order valence-corrected chi connectivity index (χ4v) is 5.72. The molecular weight excluding hydrogens is 471 g/mol. The molecule has 9 nitrogen and oxygen atoms in total. The standard InChI is InChI=1S/C24H32ClFN8O/c1-31-9-10-33(19-8-7-15(27)11-28-19)17(13-31)14-32(2)23(35)21-20(26)18-12-29-24(25)30-22(18)34(21)16-5-3-4-6-16/h7-8,11-12,16-17,22H,3-6,9-10,13-14,27H2,1-2H3,(H,29,30). The Bertz CT molecular complexity index is 1070. The molecule has 1 aromatic rings. The third kappa shape index (κ3) is 4.56. The Morgan fingerprint density at radius 3 is 2.80 bits per heavy atom. The largest absolute Gasteiger partial charge is 0.397 e. The zero-order chi connectivity index (χ0) is 24.7. The number of hydrogen-bond acceptors (Lipinski definition) is 8. The summed E-state index contributed by atoms with van der Waals surface area (Å²) >= 11 is 6.13. The molecule has 1 aromatic heterocycles. The fraction of sp³-hybridized carbons (Fsp3) is 0.542. The summed E-state index contributed by atoms with van der Waals surface area (Å²) < 4.78 is 15.7. The van der Waals surface area contributed by atoms with Crippen molar-refractivity contribution in [2.45, 2.75) is 43.9 Å². The molecule has 5 rings (SSSR count). The maximum absolute atomic E-state index is 15.7. The molecule has 0 radical (unpaired) electrons. The zero-order valence-electron chi connectivity index (χ0n) is 20.1. The molecule has 0 aromatic carbocycles. The van der Waals surface area contributed by atoms with Crippen LogP contribution in [0.25, 0.3) is 0 Å². The summed E-state index contributed by atoms with van der Waals surface area (Å²) in [7, 11) is 3.80. The first-order chi connectivity index (χ1) is 16.8. The van der Waals surface area contributed by atoms with Crippen LogP contribution in [0.5, 0.6) is 0 Å². The maximum Gasteiger partial charge on any atom is 0.273 e. The number of amidine groups is 1. The summed E-state index contributed by atoms with van der Waals surface area (Å²) in [4.78, 5) is 30.6. The van der Waals surface area contributed by atoms with Gasteiger partial charge in [0.05, 0.1) is 23.5 Å². The first kappa shape index (κ1) is 23.9. The van der Waals surface area contributed by atoms with E-state index in [9.17, 15) is 4.79 Å². The minimum atomic E-state index is -0.601. The molecular formula is C24H32ClFN8O. The molecule has 0 spiro atoms. The van der Waals surface area contributed by atoms with E-state index in [1.165, 1.54) is 6.20 Å². The van der Waals surface area contributed by atoms with Crippen LogP contribution >= 0.6 is 11.6 Å². The Hall–Kier alpha value is -2.85. The number of nitrogens with two attached hydrogens (primary N) is 1. The first-order valence-electron chi connectivity index (χ1n) is 12.1. The van der Waals surface area contributed by atoms with Gasteiger partial charge in [0.15, 0.2) is 17.3 Å². The number of piperazine rings is 1. The summed E-state index contributed by atoms with van der Waals surface area (Å²) in [6.45, 7) is 2.85. The van der Waals surface area contributed by atoms with E-state index >= 15 is 4.39 Å². The van der Waals surface area contributed by atoms with E-state index in [1.807, 2.05) is 17.0 Å². The normalized spacial score (nSPS) is 25.4. The van der Waals surface area contributed by atoms with Gasteiger partial charge >= 0.3 is 0 Å². The SMILES string of the molecule is CN1CCN(c2ccc(N)cn2)C(CN(C)C(=O)C2=C(F)C3=CNC(Cl)=NC3N2C2CCCC2)C1. The van der Waals surface area contributed by atoms with E-state index in [1.54, 1.807) is 18.1 Å². The summed E-state index contributed by atoms with van der Waals surface area (Å²) in [5.41, 5.74) is 6.89. The molecule has 4 heterocycles. The number of nitrogen functional groups attached to an aromatic ring is 1. The van der Waals surface area contributed by atoms with Crippen molar-refractivity contribution in [3.63, 3.8) is 0 Å². The predicted octanol–water partition coefficient (Wildman–Crippen LogP) is 2.09. The molecule has 2 unspecified atom stereocenters. The molecule has 0 bridgehead atoms. The van der Waals surface area contributed by atoms with Gasteiger partial charge in [0.1, 0.15) is 11.5 Å². The van der Waals surface area contributed by atoms with Gasteiger partial charge in [0, 0.05) is 45.5 Å². The maximum atomic E-state index is 15.7. The van der Waals surface area contributed by atoms with Gasteiger partial charge < -0.3 is 30.7 Å². The van der Waals surface area contributed by atoms with E-state index in [0.29, 0.717) is 17.8 Å². The number of hydrogen-bond donors (Lipinski definition) is 2. The number of carbonyl (C=O) groups is 1. The van der Waals surface area contributed by atoms with E-state index in [4.69, 9.17) is 17.3 Å². The lowest BCUT2D eigenvalue weighted by Gasteiger charge is -2.42. The zero-order valence-corrected chi connectivity index (χ0v) is 20.9. The number of rotatable bonds is 5. The average molecular weight is 503 g/mol. The third-order valence-electron chi connectivity index (χ3n) is 7.35. The highest BCUT2D eigenvalue weighted by Gasteiger charge is 2.46. The van der Waals surface area contributed by atoms with Crippen LogP contribution in [0.1, 0.15) is 25.7 Å². The number of likely N-dealkylation sites (N-methyl/N-ethyl adjacent to an activating group) is 2. The van der Waals surface area contributed by atoms with Crippen LogP contribution in [-0.4, -0.2) is 89.4 Å². The number of nitrogens with one attached hydrogen (secondary N) is 1. The Labute approximate surface area is 210 Å². The molecule has 4 aliphatic rings. The van der Waals surface area contributed by atoms with Crippen LogP contribution in [0.15, 0.2) is 46.6 Å². The van der Waals surface area contributed by atoms with Crippen LogP contribution in [0.3, 0.4) is 0 Å². The number of pyridine rings is 1. The summed E-state index contributed by atoms with van der Waals surface area (Å²) in [5, 5.41) is 2.98. The van der Waals surface area contributed by atoms with Crippen molar-refractivity contribution in [1.82, 2.24) is 25.0 Å². The fourth-order valence-electron chi connectivity index (χ4n) is 5.57. The molecule has 1 amide bonds. The minimum Gasteiger partial charge on any atom is -0.397 e. The predicted molar refractivity (Wildman–Crippen MR) is 135 cm³/mol. The Morgan fingerprint density at radius 1 is 1.31 bits per heavy atom. The Morgan fingerprint density at radius 2 is 2.09 bits per heavy atom. The van der Waals surface area contributed by atoms with Crippen LogP contribution in [0.2, 0.25) is 0 Å². The second-order valence-corrected chi connectivity index (χ2v) is 10.1. The lowest BCUT2D eigenvalue weighted by Crippen LogP contribution is -2.57. The number of anilines is 2. The quantitative estimate of drug-likeness (QED) is 0.595. The molecule has 35 heavy (non-hydrogen) atoms. The lowest BCUT2D eigenvalue weighted by atomic mass is 10.1. The average Bonchev–Trinajstić information content (AvgIpc) is 3.45. The van der Waals surface area contributed by atoms with Crippen molar-refractivity contribution in [2.75, 3.05) is 50.9 Å². The number of aromatic nitrogens is 1. The second kappa shape index (κ2) is 9.66. The third-order valence-corrected chi connectivity index (χ3v) is 7.55. The topological polar surface area (TPSA) is 93.3 Å². The molecule has 1 saturated carbocycles. The van der Waals surface area contributed by atoms with Gasteiger partial charge in [0.25, 0.3) is 5.91 Å². The number of amides is 1. The summed E-state index contributed by atoms with van der Waals surface area (Å²) in [6, 6.07) is 3.80. The van der Waals surface area contributed by atoms with Crippen molar-refractivity contribution < 1.29 is 9.18 Å². The van der Waals surface area contributed by atoms with Gasteiger partial charge in [-0.1, -0.05) is 12.8 Å². The van der Waals surface area contributed by atoms with Crippen LogP contribution in [-0.2, 0) is 4.79 Å². The lowest BCUT2D eigenvalue weighted by molar-refractivity contribution is -0.128. The highest BCUT2D eigenvalue weighted by Crippen LogP contribution is 2.42. The molecule has 11 heteroatoms. The molecule has 2 atom stereocenters. The Kier molecular flexibility index (Phi) is 6.59. The van der Waals surface area contributed by atoms with Gasteiger partial charge in [-0.05, 0) is 43.6 Å². The van der Waals surface area contributed by atoms with Crippen LogP contribution in [0.4, 0.5) is 15.9 Å². The van der Waals surface area contributed by atoms with Gasteiger partial charge in [-0.15, -0.1) is 0 Å². The molecule has 1 saturated heterocycles. The number of carbonyl (C=O) groups excluding carboxylic acids is 1. The number of nitrogens with zero attached hydrogens (tertiary/aromatic N) is 6.